The van der Waals surface area contributed by atoms with Crippen molar-refractivity contribution in [3.63, 3.8) is 0 Å². The summed E-state index contributed by atoms with van der Waals surface area (Å²) in [5.74, 6) is 0.989. The summed E-state index contributed by atoms with van der Waals surface area (Å²) >= 11 is 6.24. The number of hydrogen-bond donors (Lipinski definition) is 1. The van der Waals surface area contributed by atoms with Gasteiger partial charge >= 0.3 is 0 Å². The van der Waals surface area contributed by atoms with Gasteiger partial charge in [-0.15, -0.1) is 0 Å². The third-order valence-corrected chi connectivity index (χ3v) is 5.93. The highest BCUT2D eigenvalue weighted by atomic mass is 35.5. The molecule has 0 bridgehead atoms. The largest absolute Gasteiger partial charge is 0.496 e. The topological polar surface area (TPSA) is 100 Å². The molecule has 1 fully saturated rings. The van der Waals surface area contributed by atoms with Gasteiger partial charge in [0.05, 0.1) is 30.9 Å². The third kappa shape index (κ3) is 6.93. The summed E-state index contributed by atoms with van der Waals surface area (Å²) in [5, 5.41) is 12.5. The van der Waals surface area contributed by atoms with Crippen LogP contribution < -0.4 is 15.0 Å². The number of nitrogens with one attached hydrogen (secondary N) is 1. The number of piperazine rings is 1. The van der Waals surface area contributed by atoms with E-state index in [4.69, 9.17) is 21.6 Å². The van der Waals surface area contributed by atoms with Crippen molar-refractivity contribution in [3.8, 4) is 11.8 Å². The summed E-state index contributed by atoms with van der Waals surface area (Å²) < 4.78 is 24.5. The normalized spacial score (nSPS) is 17.1. The van der Waals surface area contributed by atoms with Gasteiger partial charge in [-0.1, -0.05) is 6.07 Å². The summed E-state index contributed by atoms with van der Waals surface area (Å²) in [4.78, 5) is 20.7. The lowest BCUT2D eigenvalue weighted by molar-refractivity contribution is -0.138. The van der Waals surface area contributed by atoms with Gasteiger partial charge in [-0.25, -0.2) is 14.4 Å². The van der Waals surface area contributed by atoms with Crippen molar-refractivity contribution in [3.05, 3.63) is 46.1 Å². The molecule has 0 radical (unpaired) electrons. The van der Waals surface area contributed by atoms with Gasteiger partial charge in [0, 0.05) is 31.2 Å². The van der Waals surface area contributed by atoms with E-state index in [1.807, 2.05) is 26.8 Å². The van der Waals surface area contributed by atoms with Crippen LogP contribution >= 0.6 is 11.6 Å². The van der Waals surface area contributed by atoms with Crippen LogP contribution in [0.2, 0.25) is 5.28 Å². The number of hydrogen-bond acceptors (Lipinski definition) is 8. The first-order valence-corrected chi connectivity index (χ1v) is 12.1. The van der Waals surface area contributed by atoms with E-state index in [1.165, 1.54) is 13.2 Å². The SMILES string of the molecule is CC(C)(C)OC=O.COc1cccc(F)c1C1=Cc2nc(Cl)nc(N3CCN[C@@H](CC#N)C3)c2CC1. The summed E-state index contributed by atoms with van der Waals surface area (Å²) in [6.45, 7) is 8.16. The number of carbonyl (C=O) groups excluding carboxylic acids is 1. The number of benzene rings is 1. The Bertz CT molecular complexity index is 1160. The Labute approximate surface area is 216 Å². The fraction of sp³-hybridized carbons (Fsp3) is 0.462. The van der Waals surface area contributed by atoms with Crippen LogP contribution in [-0.2, 0) is 16.0 Å². The summed E-state index contributed by atoms with van der Waals surface area (Å²) in [6, 6.07) is 7.13. The molecule has 4 rings (SSSR count). The minimum absolute atomic E-state index is 0.0931. The molecule has 1 saturated heterocycles. The smallest absolute Gasteiger partial charge is 0.293 e. The first-order chi connectivity index (χ1) is 17.2. The van der Waals surface area contributed by atoms with Crippen LogP contribution in [-0.4, -0.2) is 54.8 Å². The number of methoxy groups -OCH3 is 1. The summed E-state index contributed by atoms with van der Waals surface area (Å²) in [5.41, 5.74) is 2.69. The van der Waals surface area contributed by atoms with Crippen molar-refractivity contribution >= 4 is 35.5 Å². The minimum Gasteiger partial charge on any atom is -0.496 e. The first kappa shape index (κ1) is 27.4. The number of aromatic nitrogens is 2. The number of allylic oxidation sites excluding steroid dienone is 1. The van der Waals surface area contributed by atoms with E-state index in [-0.39, 0.29) is 22.7 Å². The molecule has 0 amide bonds. The first-order valence-electron chi connectivity index (χ1n) is 11.7. The molecule has 192 valence electrons. The van der Waals surface area contributed by atoms with Gasteiger partial charge in [0.2, 0.25) is 5.28 Å². The molecule has 0 spiro atoms. The Kier molecular flexibility index (Phi) is 9.24. The second-order valence-corrected chi connectivity index (χ2v) is 9.79. The average molecular weight is 516 g/mol. The van der Waals surface area contributed by atoms with Crippen molar-refractivity contribution in [2.24, 2.45) is 0 Å². The number of halogens is 2. The molecule has 0 saturated carbocycles. The predicted molar refractivity (Wildman–Crippen MR) is 137 cm³/mol. The fourth-order valence-electron chi connectivity index (χ4n) is 4.17. The van der Waals surface area contributed by atoms with Gasteiger partial charge in [-0.2, -0.15) is 5.26 Å². The van der Waals surface area contributed by atoms with Crippen molar-refractivity contribution in [2.75, 3.05) is 31.6 Å². The molecular weight excluding hydrogens is 485 g/mol. The molecule has 2 heterocycles. The van der Waals surface area contributed by atoms with Crippen LogP contribution in [0.5, 0.6) is 5.75 Å². The lowest BCUT2D eigenvalue weighted by Crippen LogP contribution is -2.51. The van der Waals surface area contributed by atoms with Gasteiger partial charge in [0.1, 0.15) is 23.0 Å². The van der Waals surface area contributed by atoms with Crippen LogP contribution in [0.15, 0.2) is 18.2 Å². The van der Waals surface area contributed by atoms with Gasteiger partial charge in [-0.3, -0.25) is 4.79 Å². The van der Waals surface area contributed by atoms with Gasteiger partial charge in [0.25, 0.3) is 6.47 Å². The molecule has 1 aliphatic carbocycles. The second kappa shape index (κ2) is 12.2. The van der Waals surface area contributed by atoms with E-state index in [2.05, 4.69) is 31.0 Å². The van der Waals surface area contributed by atoms with Gasteiger partial charge in [0.15, 0.2) is 0 Å². The molecule has 8 nitrogen and oxygen atoms in total. The highest BCUT2D eigenvalue weighted by Gasteiger charge is 2.27. The highest BCUT2D eigenvalue weighted by molar-refractivity contribution is 6.28. The Balaban J connectivity index is 0.000000454. The molecule has 1 N–H and O–H groups in total. The molecule has 10 heteroatoms. The van der Waals surface area contributed by atoms with Crippen LogP contribution in [0, 0.1) is 17.1 Å². The quantitative estimate of drug-likeness (QED) is 0.461. The maximum absolute atomic E-state index is 14.5. The van der Waals surface area contributed by atoms with E-state index >= 15 is 0 Å². The van der Waals surface area contributed by atoms with E-state index in [0.717, 1.165) is 30.0 Å². The zero-order valence-corrected chi connectivity index (χ0v) is 21.7. The molecule has 2 aromatic rings. The molecule has 1 aliphatic heterocycles. The molecule has 1 aromatic carbocycles. The van der Waals surface area contributed by atoms with E-state index in [1.54, 1.807) is 12.1 Å². The maximum atomic E-state index is 14.5. The number of rotatable bonds is 5. The van der Waals surface area contributed by atoms with Crippen molar-refractivity contribution in [1.82, 2.24) is 15.3 Å². The van der Waals surface area contributed by atoms with Gasteiger partial charge in [-0.05, 0) is 69.0 Å². The van der Waals surface area contributed by atoms with Crippen LogP contribution in [0.4, 0.5) is 10.2 Å². The highest BCUT2D eigenvalue weighted by Crippen LogP contribution is 2.38. The maximum Gasteiger partial charge on any atom is 0.293 e. The van der Waals surface area contributed by atoms with Crippen molar-refractivity contribution < 1.29 is 18.7 Å². The van der Waals surface area contributed by atoms with Crippen LogP contribution in [0.25, 0.3) is 11.6 Å². The monoisotopic (exact) mass is 515 g/mol. The standard InChI is InChI=1S/C21H21ClFN5O.C5H10O2/c1-29-18-4-2-3-16(23)19(18)13-5-6-15-17(11-13)26-21(22)27-20(15)28-10-9-25-14(12-28)7-8-24;1-5(2,3)7-4-6/h2-4,11,14,25H,5-7,9-10,12H2,1H3;4H,1-3H3/t14-;/m0./s1. The van der Waals surface area contributed by atoms with E-state index < -0.39 is 0 Å². The average Bonchev–Trinajstić information content (AvgIpc) is 2.83. The Morgan fingerprint density at radius 3 is 2.75 bits per heavy atom. The van der Waals surface area contributed by atoms with Crippen LogP contribution in [0.3, 0.4) is 0 Å². The Hall–Kier alpha value is -3.22. The number of ether oxygens (including phenoxy) is 2. The molecule has 0 unspecified atom stereocenters. The second-order valence-electron chi connectivity index (χ2n) is 9.45. The lowest BCUT2D eigenvalue weighted by atomic mass is 9.90. The van der Waals surface area contributed by atoms with Crippen LogP contribution in [0.1, 0.15) is 50.4 Å². The number of nitrogens with zero attached hydrogens (tertiary/aromatic N) is 4. The van der Waals surface area contributed by atoms with Crippen molar-refractivity contribution in [1.29, 1.82) is 5.26 Å². The Morgan fingerprint density at radius 2 is 2.11 bits per heavy atom. The molecule has 1 atom stereocenters. The minimum atomic E-state index is -0.319. The van der Waals surface area contributed by atoms with E-state index in [9.17, 15) is 9.18 Å². The number of nitriles is 1. The molecule has 2 aliphatic rings. The molecule has 36 heavy (non-hydrogen) atoms. The third-order valence-electron chi connectivity index (χ3n) is 5.76. The van der Waals surface area contributed by atoms with Crippen molar-refractivity contribution in [2.45, 2.75) is 51.7 Å². The fourth-order valence-corrected chi connectivity index (χ4v) is 4.34. The summed E-state index contributed by atoms with van der Waals surface area (Å²) in [7, 11) is 1.54. The summed E-state index contributed by atoms with van der Waals surface area (Å²) in [6.07, 6.45) is 3.65. The zero-order chi connectivity index (χ0) is 26.3. The zero-order valence-electron chi connectivity index (χ0n) is 21.0. The molecule has 1 aromatic heterocycles. The van der Waals surface area contributed by atoms with Gasteiger partial charge < -0.3 is 19.7 Å². The number of carbonyl (C=O) groups is 1. The number of anilines is 1. The predicted octanol–water partition coefficient (Wildman–Crippen LogP) is 4.41. The number of fused-ring (bicyclic) bond motifs is 1. The Morgan fingerprint density at radius 1 is 1.33 bits per heavy atom. The lowest BCUT2D eigenvalue weighted by Gasteiger charge is -2.35. The van der Waals surface area contributed by atoms with E-state index in [0.29, 0.717) is 49.3 Å². The molecular formula is C26H31ClFN5O3.